The summed E-state index contributed by atoms with van der Waals surface area (Å²) in [7, 11) is -1.37. The number of aromatic nitrogens is 1. The Bertz CT molecular complexity index is 607. The second kappa shape index (κ2) is 5.27. The van der Waals surface area contributed by atoms with Gasteiger partial charge >= 0.3 is 0 Å². The molecule has 0 N–H and O–H groups in total. The summed E-state index contributed by atoms with van der Waals surface area (Å²) in [5.41, 5.74) is 2.46. The molecule has 20 heavy (non-hydrogen) atoms. The van der Waals surface area contributed by atoms with Crippen LogP contribution < -0.4 is 0 Å². The van der Waals surface area contributed by atoms with Gasteiger partial charge in [-0.15, -0.1) is 0 Å². The molecule has 112 valence electrons. The van der Waals surface area contributed by atoms with Gasteiger partial charge in [-0.1, -0.05) is 24.3 Å². The summed E-state index contributed by atoms with van der Waals surface area (Å²) in [5, 5.41) is 2.61. The van der Waals surface area contributed by atoms with Crippen LogP contribution in [0.2, 0.25) is 0 Å². The Hall–Kier alpha value is -0.670. The van der Waals surface area contributed by atoms with Crippen LogP contribution in [0.3, 0.4) is 0 Å². The summed E-state index contributed by atoms with van der Waals surface area (Å²) in [4.78, 5) is 4.98. The van der Waals surface area contributed by atoms with Crippen molar-refractivity contribution in [3.63, 3.8) is 0 Å². The maximum absolute atomic E-state index is 4.98. The topological polar surface area (TPSA) is 12.9 Å². The van der Waals surface area contributed by atoms with Crippen LogP contribution in [0.4, 0.5) is 0 Å². The van der Waals surface area contributed by atoms with Gasteiger partial charge in [0.05, 0.1) is 10.3 Å². The Kier molecular flexibility index (Phi) is 4.14. The molecule has 0 amide bonds. The smallest absolute Gasteiger partial charge is 0.0613 e. The number of hydrogen-bond acceptors (Lipinski definition) is 1. The molecule has 0 atom stereocenters. The molecule has 0 aliphatic carbocycles. The lowest BCUT2D eigenvalue weighted by Crippen LogP contribution is -2.16. The molecule has 0 aliphatic rings. The van der Waals surface area contributed by atoms with Crippen molar-refractivity contribution in [2.75, 3.05) is 37.5 Å². The molecular weight excluding hydrogens is 282 g/mol. The van der Waals surface area contributed by atoms with Crippen molar-refractivity contribution in [2.24, 2.45) is 0 Å². The first-order chi connectivity index (χ1) is 9.10. The third-order valence-corrected chi connectivity index (χ3v) is 9.99. The van der Waals surface area contributed by atoms with Gasteiger partial charge in [0.2, 0.25) is 0 Å². The fourth-order valence-corrected chi connectivity index (χ4v) is 11.7. The Labute approximate surface area is 126 Å². The van der Waals surface area contributed by atoms with Crippen molar-refractivity contribution in [3.05, 3.63) is 41.7 Å². The van der Waals surface area contributed by atoms with Gasteiger partial charge in [0.25, 0.3) is 0 Å². The molecule has 1 nitrogen and oxygen atoms in total. The number of aryl methyl sites for hydroxylation is 1. The summed E-state index contributed by atoms with van der Waals surface area (Å²) < 4.78 is 0.596. The van der Waals surface area contributed by atoms with Crippen LogP contribution in [0, 0.1) is 6.92 Å². The van der Waals surface area contributed by atoms with Crippen molar-refractivity contribution < 1.29 is 0 Å². The highest BCUT2D eigenvalue weighted by atomic mass is 32.3. The van der Waals surface area contributed by atoms with E-state index in [9.17, 15) is 0 Å². The van der Waals surface area contributed by atoms with Gasteiger partial charge in [0, 0.05) is 11.1 Å². The van der Waals surface area contributed by atoms with Gasteiger partial charge in [-0.25, -0.2) is 20.1 Å². The molecular formula is C17H27NS2. The zero-order valence-corrected chi connectivity index (χ0v) is 15.4. The summed E-state index contributed by atoms with van der Waals surface area (Å²) in [5.74, 6) is 0. The second-order valence-corrected chi connectivity index (χ2v) is 16.0. The quantitative estimate of drug-likeness (QED) is 0.783. The van der Waals surface area contributed by atoms with E-state index in [-0.39, 0.29) is 0 Å². The van der Waals surface area contributed by atoms with E-state index >= 15 is 0 Å². The Balaban J connectivity index is 2.66. The van der Waals surface area contributed by atoms with Gasteiger partial charge in [-0.3, -0.25) is 4.98 Å². The van der Waals surface area contributed by atoms with Crippen molar-refractivity contribution >= 4 is 30.8 Å². The van der Waals surface area contributed by atoms with Gasteiger partial charge < -0.3 is 0 Å². The zero-order chi connectivity index (χ0) is 15.1. The zero-order valence-electron chi connectivity index (χ0n) is 13.7. The number of benzene rings is 1. The highest BCUT2D eigenvalue weighted by Crippen LogP contribution is 2.68. The van der Waals surface area contributed by atoms with E-state index in [0.717, 1.165) is 5.69 Å². The molecule has 1 heterocycles. The minimum atomic E-state index is -0.687. The van der Waals surface area contributed by atoms with Gasteiger partial charge in [-0.05, 0) is 55.9 Å². The number of fused-ring (bicyclic) bond motifs is 1. The van der Waals surface area contributed by atoms with Crippen LogP contribution in [0.15, 0.2) is 30.3 Å². The standard InChI is InChI=1S/C17H27NS2/c1-13-15-11-9-8-10-14(15)12-16(18-13)17(19(2,3)4)20(5,6)7/h8-12,17H,1-7H3. The average Bonchev–Trinajstić information content (AvgIpc) is 2.25. The number of rotatable bonds is 3. The minimum absolute atomic E-state index is 0.596. The first-order valence-corrected chi connectivity index (χ1v) is 12.7. The Morgan fingerprint density at radius 1 is 0.900 bits per heavy atom. The maximum Gasteiger partial charge on any atom is 0.0613 e. The van der Waals surface area contributed by atoms with E-state index in [1.54, 1.807) is 0 Å². The molecule has 0 fully saturated rings. The third kappa shape index (κ3) is 3.15. The first kappa shape index (κ1) is 15.7. The maximum atomic E-state index is 4.98. The van der Waals surface area contributed by atoms with E-state index in [1.165, 1.54) is 16.5 Å². The summed E-state index contributed by atoms with van der Waals surface area (Å²) in [6.07, 6.45) is 14.5. The van der Waals surface area contributed by atoms with E-state index in [4.69, 9.17) is 4.98 Å². The fraction of sp³-hybridized carbons (Fsp3) is 0.471. The molecule has 0 bridgehead atoms. The summed E-state index contributed by atoms with van der Waals surface area (Å²) in [6, 6.07) is 10.9. The number of pyridine rings is 1. The van der Waals surface area contributed by atoms with Crippen LogP contribution in [-0.4, -0.2) is 42.5 Å². The van der Waals surface area contributed by atoms with Gasteiger partial charge in [-0.2, -0.15) is 0 Å². The molecule has 0 aliphatic heterocycles. The van der Waals surface area contributed by atoms with E-state index in [0.29, 0.717) is 4.58 Å². The normalized spacial score (nSPS) is 14.8. The molecule has 0 unspecified atom stereocenters. The molecule has 2 rings (SSSR count). The molecule has 0 spiro atoms. The van der Waals surface area contributed by atoms with E-state index in [1.807, 2.05) is 0 Å². The SMILES string of the molecule is Cc1nc(C(S(C)(C)C)S(C)(C)C)cc2ccccc12. The third-order valence-electron chi connectivity index (χ3n) is 3.48. The molecule has 0 saturated heterocycles. The lowest BCUT2D eigenvalue weighted by Gasteiger charge is -2.47. The molecule has 3 heteroatoms. The fourth-order valence-electron chi connectivity index (χ4n) is 3.11. The van der Waals surface area contributed by atoms with Crippen LogP contribution >= 0.6 is 20.1 Å². The lowest BCUT2D eigenvalue weighted by atomic mass is 10.1. The van der Waals surface area contributed by atoms with E-state index in [2.05, 4.69) is 74.8 Å². The van der Waals surface area contributed by atoms with Gasteiger partial charge in [0.1, 0.15) is 0 Å². The molecule has 0 saturated carbocycles. The average molecular weight is 310 g/mol. The van der Waals surface area contributed by atoms with E-state index < -0.39 is 20.1 Å². The predicted octanol–water partition coefficient (Wildman–Crippen LogP) is 4.93. The van der Waals surface area contributed by atoms with Gasteiger partial charge in [0.15, 0.2) is 0 Å². The first-order valence-electron chi connectivity index (χ1n) is 6.81. The monoisotopic (exact) mass is 309 g/mol. The van der Waals surface area contributed by atoms with Crippen molar-refractivity contribution in [3.8, 4) is 0 Å². The molecule has 1 aromatic heterocycles. The molecule has 0 radical (unpaired) electrons. The highest BCUT2D eigenvalue weighted by molar-refractivity contribution is 8.47. The van der Waals surface area contributed by atoms with Crippen molar-refractivity contribution in [1.29, 1.82) is 0 Å². The molecule has 1 aromatic carbocycles. The Morgan fingerprint density at radius 2 is 1.45 bits per heavy atom. The highest BCUT2D eigenvalue weighted by Gasteiger charge is 2.31. The lowest BCUT2D eigenvalue weighted by molar-refractivity contribution is 1.11. The number of nitrogens with zero attached hydrogens (tertiary/aromatic N) is 1. The van der Waals surface area contributed by atoms with Crippen molar-refractivity contribution in [2.45, 2.75) is 11.5 Å². The molecule has 2 aromatic rings. The van der Waals surface area contributed by atoms with Crippen LogP contribution in [0.1, 0.15) is 16.0 Å². The van der Waals surface area contributed by atoms with Crippen LogP contribution in [0.25, 0.3) is 10.8 Å². The van der Waals surface area contributed by atoms with Crippen molar-refractivity contribution in [1.82, 2.24) is 4.98 Å². The van der Waals surface area contributed by atoms with Crippen LogP contribution in [-0.2, 0) is 0 Å². The second-order valence-electron chi connectivity index (χ2n) is 7.05. The largest absolute Gasteiger partial charge is 0.256 e. The Morgan fingerprint density at radius 3 is 2.00 bits per heavy atom. The van der Waals surface area contributed by atoms with Crippen LogP contribution in [0.5, 0.6) is 0 Å². The minimum Gasteiger partial charge on any atom is -0.256 e. The number of hydrogen-bond donors (Lipinski definition) is 0. The summed E-state index contributed by atoms with van der Waals surface area (Å²) in [6.45, 7) is 2.14. The predicted molar refractivity (Wildman–Crippen MR) is 99.9 cm³/mol. The summed E-state index contributed by atoms with van der Waals surface area (Å²) >= 11 is 0.